The number of fused-ring (bicyclic) bond motifs is 1. The first kappa shape index (κ1) is 17.1. The van der Waals surface area contributed by atoms with E-state index in [2.05, 4.69) is 6.07 Å². The van der Waals surface area contributed by atoms with Crippen LogP contribution in [0.15, 0.2) is 60.0 Å². The van der Waals surface area contributed by atoms with Crippen LogP contribution in [0, 0.1) is 6.92 Å². The highest BCUT2D eigenvalue weighted by Crippen LogP contribution is 2.42. The summed E-state index contributed by atoms with van der Waals surface area (Å²) in [6.07, 6.45) is -0.506. The summed E-state index contributed by atoms with van der Waals surface area (Å²) < 4.78 is 17.0. The molecule has 6 heteroatoms. The fourth-order valence-electron chi connectivity index (χ4n) is 3.63. The van der Waals surface area contributed by atoms with Gasteiger partial charge in [-0.05, 0) is 47.7 Å². The normalized spacial score (nSPS) is 20.2. The number of ether oxygens (including phenoxy) is 3. The van der Waals surface area contributed by atoms with Gasteiger partial charge in [0.1, 0.15) is 11.8 Å². The van der Waals surface area contributed by atoms with Gasteiger partial charge >= 0.3 is 0 Å². The molecule has 0 N–H and O–H groups in total. The Hall–Kier alpha value is -2.99. The minimum Gasteiger partial charge on any atom is -0.478 e. The van der Waals surface area contributed by atoms with E-state index >= 15 is 0 Å². The molecule has 2 aromatic carbocycles. The molecule has 3 heterocycles. The van der Waals surface area contributed by atoms with Crippen LogP contribution < -0.4 is 14.2 Å². The Morgan fingerprint density at radius 3 is 2.79 bits per heavy atom. The maximum absolute atomic E-state index is 13.0. The summed E-state index contributed by atoms with van der Waals surface area (Å²) in [6.45, 7) is 2.74. The number of benzene rings is 2. The van der Waals surface area contributed by atoms with Gasteiger partial charge in [-0.2, -0.15) is 0 Å². The van der Waals surface area contributed by atoms with Gasteiger partial charge in [0.25, 0.3) is 5.91 Å². The number of β-lactam (4-membered cyclic amide) rings is 1. The van der Waals surface area contributed by atoms with Gasteiger partial charge in [-0.1, -0.05) is 30.3 Å². The number of aryl methyl sites for hydroxylation is 1. The number of nitrogens with zero attached hydrogens (tertiary/aromatic N) is 1. The second kappa shape index (κ2) is 6.87. The van der Waals surface area contributed by atoms with Gasteiger partial charge < -0.3 is 19.1 Å². The predicted octanol–water partition coefficient (Wildman–Crippen LogP) is 4.32. The van der Waals surface area contributed by atoms with Crippen molar-refractivity contribution in [2.45, 2.75) is 25.6 Å². The summed E-state index contributed by atoms with van der Waals surface area (Å²) >= 11 is 1.64. The summed E-state index contributed by atoms with van der Waals surface area (Å²) in [7, 11) is 0. The van der Waals surface area contributed by atoms with Crippen molar-refractivity contribution in [1.82, 2.24) is 4.90 Å². The van der Waals surface area contributed by atoms with Crippen LogP contribution in [0.5, 0.6) is 17.2 Å². The van der Waals surface area contributed by atoms with Crippen LogP contribution in [0.3, 0.4) is 0 Å². The molecule has 1 amide bonds. The van der Waals surface area contributed by atoms with Crippen LogP contribution in [0.1, 0.15) is 22.0 Å². The molecule has 2 aliphatic heterocycles. The van der Waals surface area contributed by atoms with E-state index in [0.717, 1.165) is 33.3 Å². The SMILES string of the molecule is Cc1ccccc1O[C@@H]1C(=O)N(Cc2ccc3c(c2)OCO3)[C@H]1c1cccs1. The summed E-state index contributed by atoms with van der Waals surface area (Å²) in [5.41, 5.74) is 2.03. The van der Waals surface area contributed by atoms with Crippen molar-refractivity contribution in [2.24, 2.45) is 0 Å². The second-order valence-corrected chi connectivity index (χ2v) is 7.90. The molecule has 1 fully saturated rings. The van der Waals surface area contributed by atoms with E-state index in [1.54, 1.807) is 11.3 Å². The highest BCUT2D eigenvalue weighted by molar-refractivity contribution is 7.10. The van der Waals surface area contributed by atoms with Crippen molar-refractivity contribution in [3.05, 3.63) is 76.0 Å². The molecule has 0 unspecified atom stereocenters. The first-order chi connectivity index (χ1) is 13.7. The van der Waals surface area contributed by atoms with Crippen LogP contribution in [0.4, 0.5) is 0 Å². The largest absolute Gasteiger partial charge is 0.478 e. The van der Waals surface area contributed by atoms with Gasteiger partial charge in [-0.3, -0.25) is 4.79 Å². The minimum atomic E-state index is -0.506. The number of likely N-dealkylation sites (tertiary alicyclic amines) is 1. The lowest BCUT2D eigenvalue weighted by atomic mass is 9.94. The molecule has 1 aromatic heterocycles. The van der Waals surface area contributed by atoms with E-state index in [1.807, 2.05) is 65.7 Å². The van der Waals surface area contributed by atoms with Crippen molar-refractivity contribution in [3.8, 4) is 17.2 Å². The third-order valence-electron chi connectivity index (χ3n) is 5.12. The lowest BCUT2D eigenvalue weighted by molar-refractivity contribution is -0.165. The molecule has 2 aliphatic rings. The molecule has 0 bridgehead atoms. The number of hydrogen-bond donors (Lipinski definition) is 0. The van der Waals surface area contributed by atoms with Crippen LogP contribution >= 0.6 is 11.3 Å². The molecule has 2 atom stereocenters. The molecule has 28 heavy (non-hydrogen) atoms. The fraction of sp³-hybridized carbons (Fsp3) is 0.227. The molecule has 0 saturated carbocycles. The lowest BCUT2D eigenvalue weighted by Crippen LogP contribution is -2.60. The zero-order valence-electron chi connectivity index (χ0n) is 15.3. The van der Waals surface area contributed by atoms with Crippen LogP contribution in [0.25, 0.3) is 0 Å². The van der Waals surface area contributed by atoms with E-state index in [4.69, 9.17) is 14.2 Å². The molecule has 142 valence electrons. The maximum atomic E-state index is 13.0. The second-order valence-electron chi connectivity index (χ2n) is 6.92. The van der Waals surface area contributed by atoms with Gasteiger partial charge in [0.05, 0.1) is 0 Å². The zero-order chi connectivity index (χ0) is 19.1. The van der Waals surface area contributed by atoms with Crippen molar-refractivity contribution in [2.75, 3.05) is 6.79 Å². The Morgan fingerprint density at radius 1 is 1.11 bits per heavy atom. The Bertz CT molecular complexity index is 1020. The Morgan fingerprint density at radius 2 is 1.96 bits per heavy atom. The Labute approximate surface area is 167 Å². The van der Waals surface area contributed by atoms with E-state index in [9.17, 15) is 4.79 Å². The van der Waals surface area contributed by atoms with E-state index in [-0.39, 0.29) is 18.7 Å². The molecule has 1 saturated heterocycles. The third-order valence-corrected chi connectivity index (χ3v) is 6.06. The summed E-state index contributed by atoms with van der Waals surface area (Å²) in [5, 5.41) is 2.03. The molecule has 0 radical (unpaired) electrons. The van der Waals surface area contributed by atoms with Crippen LogP contribution in [-0.4, -0.2) is 23.7 Å². The average Bonchev–Trinajstić information content (AvgIpc) is 3.39. The van der Waals surface area contributed by atoms with E-state index in [1.165, 1.54) is 0 Å². The molecular weight excluding hydrogens is 374 g/mol. The smallest absolute Gasteiger partial charge is 0.267 e. The number of thiophene rings is 1. The first-order valence-electron chi connectivity index (χ1n) is 9.15. The van der Waals surface area contributed by atoms with Crippen molar-refractivity contribution in [3.63, 3.8) is 0 Å². The minimum absolute atomic E-state index is 0.000630. The molecule has 0 aliphatic carbocycles. The summed E-state index contributed by atoms with van der Waals surface area (Å²) in [4.78, 5) is 16.0. The highest BCUT2D eigenvalue weighted by atomic mass is 32.1. The Balaban J connectivity index is 1.40. The van der Waals surface area contributed by atoms with Crippen molar-refractivity contribution >= 4 is 17.2 Å². The molecule has 5 rings (SSSR count). The van der Waals surface area contributed by atoms with E-state index < -0.39 is 6.10 Å². The highest BCUT2D eigenvalue weighted by Gasteiger charge is 2.50. The van der Waals surface area contributed by atoms with Gasteiger partial charge in [-0.25, -0.2) is 0 Å². The number of carbonyl (C=O) groups excluding carboxylic acids is 1. The zero-order valence-corrected chi connectivity index (χ0v) is 16.1. The van der Waals surface area contributed by atoms with Crippen molar-refractivity contribution < 1.29 is 19.0 Å². The molecule has 0 spiro atoms. The standard InChI is InChI=1S/C22H19NO4S/c1-14-5-2-3-6-16(14)27-21-20(19-7-4-10-28-19)23(22(21)24)12-15-8-9-17-18(11-15)26-13-25-17/h2-11,20-21H,12-13H2,1H3/t20-,21-/m0/s1. The first-order valence-corrected chi connectivity index (χ1v) is 10.0. The van der Waals surface area contributed by atoms with E-state index in [0.29, 0.717) is 6.54 Å². The van der Waals surface area contributed by atoms with Crippen molar-refractivity contribution in [1.29, 1.82) is 0 Å². The molecule has 3 aromatic rings. The van der Waals surface area contributed by atoms with Gasteiger partial charge in [-0.15, -0.1) is 11.3 Å². The number of para-hydroxylation sites is 1. The van der Waals surface area contributed by atoms with Gasteiger partial charge in [0.2, 0.25) is 12.9 Å². The van der Waals surface area contributed by atoms with Crippen LogP contribution in [-0.2, 0) is 11.3 Å². The van der Waals surface area contributed by atoms with Gasteiger partial charge in [0, 0.05) is 11.4 Å². The number of rotatable bonds is 5. The summed E-state index contributed by atoms with van der Waals surface area (Å²) in [6, 6.07) is 17.6. The number of carbonyl (C=O) groups is 1. The number of hydrogen-bond acceptors (Lipinski definition) is 5. The van der Waals surface area contributed by atoms with Gasteiger partial charge in [0.15, 0.2) is 11.5 Å². The lowest BCUT2D eigenvalue weighted by Gasteiger charge is -2.46. The predicted molar refractivity (Wildman–Crippen MR) is 106 cm³/mol. The number of amides is 1. The third kappa shape index (κ3) is 2.90. The molecule has 5 nitrogen and oxygen atoms in total. The Kier molecular flexibility index (Phi) is 4.20. The average molecular weight is 393 g/mol. The van der Waals surface area contributed by atoms with Crippen LogP contribution in [0.2, 0.25) is 0 Å². The maximum Gasteiger partial charge on any atom is 0.267 e. The monoisotopic (exact) mass is 393 g/mol. The topological polar surface area (TPSA) is 48.0 Å². The fourth-order valence-corrected chi connectivity index (χ4v) is 4.49. The molecular formula is C22H19NO4S. The quantitative estimate of drug-likeness (QED) is 0.606. The summed E-state index contributed by atoms with van der Waals surface area (Å²) in [5.74, 6) is 2.23.